The van der Waals surface area contributed by atoms with Gasteiger partial charge in [-0.15, -0.1) is 0 Å². The predicted molar refractivity (Wildman–Crippen MR) is 74.3 cm³/mol. The second-order valence-corrected chi connectivity index (χ2v) is 3.62. The molecule has 0 amide bonds. The molecule has 0 heterocycles. The van der Waals surface area contributed by atoms with E-state index in [9.17, 15) is 0 Å². The van der Waals surface area contributed by atoms with Gasteiger partial charge in [-0.05, 0) is 49.0 Å². The third-order valence-electron chi connectivity index (χ3n) is 1.85. The van der Waals surface area contributed by atoms with Crippen molar-refractivity contribution in [1.82, 2.24) is 5.43 Å². The second-order valence-electron chi connectivity index (χ2n) is 3.18. The fraction of sp³-hybridized carbons (Fsp3) is 0.167. The van der Waals surface area contributed by atoms with Crippen LogP contribution in [0.3, 0.4) is 0 Å². The smallest absolute Gasteiger partial charge is 0.184 e. The molecule has 0 saturated carbocycles. The van der Waals surface area contributed by atoms with Crippen LogP contribution in [0.4, 0.5) is 0 Å². The number of thiocarbonyl (C=S) groups is 1. The summed E-state index contributed by atoms with van der Waals surface area (Å²) in [7, 11) is 0. The molecule has 90 valence electrons. The zero-order valence-electron chi connectivity index (χ0n) is 9.59. The van der Waals surface area contributed by atoms with E-state index in [1.807, 2.05) is 43.3 Å². The Morgan fingerprint density at radius 3 is 2.76 bits per heavy atom. The molecule has 17 heavy (non-hydrogen) atoms. The van der Waals surface area contributed by atoms with Crippen LogP contribution in [0.25, 0.3) is 0 Å². The van der Waals surface area contributed by atoms with Crippen LogP contribution in [0.1, 0.15) is 12.5 Å². The summed E-state index contributed by atoms with van der Waals surface area (Å²) in [5, 5.41) is 4.00. The molecule has 0 aliphatic rings. The van der Waals surface area contributed by atoms with Crippen molar-refractivity contribution in [2.75, 3.05) is 6.61 Å². The highest BCUT2D eigenvalue weighted by Gasteiger charge is 1.92. The number of benzene rings is 1. The average Bonchev–Trinajstić information content (AvgIpc) is 2.31. The Morgan fingerprint density at radius 2 is 2.18 bits per heavy atom. The van der Waals surface area contributed by atoms with Crippen LogP contribution >= 0.6 is 12.2 Å². The third-order valence-corrected chi connectivity index (χ3v) is 1.94. The van der Waals surface area contributed by atoms with Gasteiger partial charge in [0.1, 0.15) is 12.4 Å². The van der Waals surface area contributed by atoms with Crippen molar-refractivity contribution in [1.29, 1.82) is 0 Å². The van der Waals surface area contributed by atoms with Gasteiger partial charge in [-0.3, -0.25) is 5.43 Å². The van der Waals surface area contributed by atoms with E-state index < -0.39 is 0 Å². The summed E-state index contributed by atoms with van der Waals surface area (Å²) in [4.78, 5) is 0. The van der Waals surface area contributed by atoms with Crippen LogP contribution in [0, 0.1) is 0 Å². The topological polar surface area (TPSA) is 59.6 Å². The van der Waals surface area contributed by atoms with Gasteiger partial charge in [0.2, 0.25) is 0 Å². The maximum Gasteiger partial charge on any atom is 0.184 e. The number of hydrogen-bond donors (Lipinski definition) is 2. The molecule has 0 unspecified atom stereocenters. The SMILES string of the molecule is CC=CCOc1ccc(C=NNC(N)=S)cc1. The second kappa shape index (κ2) is 7.40. The van der Waals surface area contributed by atoms with Gasteiger partial charge in [-0.25, -0.2) is 0 Å². The first kappa shape index (κ1) is 13.2. The quantitative estimate of drug-likeness (QED) is 0.361. The minimum absolute atomic E-state index is 0.146. The van der Waals surface area contributed by atoms with Gasteiger partial charge in [0, 0.05) is 0 Å². The molecule has 0 atom stereocenters. The first-order valence-corrected chi connectivity index (χ1v) is 5.55. The summed E-state index contributed by atoms with van der Waals surface area (Å²) in [6.45, 7) is 2.53. The highest BCUT2D eigenvalue weighted by molar-refractivity contribution is 7.80. The zero-order valence-corrected chi connectivity index (χ0v) is 10.4. The first-order chi connectivity index (χ1) is 8.22. The van der Waals surface area contributed by atoms with Crippen molar-refractivity contribution in [3.63, 3.8) is 0 Å². The van der Waals surface area contributed by atoms with E-state index in [-0.39, 0.29) is 5.11 Å². The van der Waals surface area contributed by atoms with Crippen molar-refractivity contribution < 1.29 is 4.74 Å². The van der Waals surface area contributed by atoms with Gasteiger partial charge in [0.15, 0.2) is 5.11 Å². The van der Waals surface area contributed by atoms with Crippen molar-refractivity contribution in [3.05, 3.63) is 42.0 Å². The van der Waals surface area contributed by atoms with E-state index in [4.69, 9.17) is 10.5 Å². The third kappa shape index (κ3) is 5.67. The molecule has 0 fully saturated rings. The molecule has 0 aliphatic heterocycles. The van der Waals surface area contributed by atoms with Crippen molar-refractivity contribution in [2.45, 2.75) is 6.92 Å². The van der Waals surface area contributed by atoms with Gasteiger partial charge in [0.25, 0.3) is 0 Å². The molecular weight excluding hydrogens is 234 g/mol. The molecule has 4 nitrogen and oxygen atoms in total. The standard InChI is InChI=1S/C12H15N3OS/c1-2-3-8-16-11-6-4-10(5-7-11)9-14-15-12(13)17/h2-7,9H,8H2,1H3,(H3,13,15,17). The lowest BCUT2D eigenvalue weighted by molar-refractivity contribution is 0.363. The fourth-order valence-corrected chi connectivity index (χ4v) is 1.11. The molecule has 1 rings (SSSR count). The number of nitrogens with zero attached hydrogens (tertiary/aromatic N) is 1. The van der Waals surface area contributed by atoms with Gasteiger partial charge < -0.3 is 10.5 Å². The normalized spacial score (nSPS) is 10.9. The molecule has 0 saturated heterocycles. The summed E-state index contributed by atoms with van der Waals surface area (Å²) < 4.78 is 5.46. The van der Waals surface area contributed by atoms with E-state index in [1.54, 1.807) is 6.21 Å². The molecule has 1 aromatic carbocycles. The molecule has 0 aromatic heterocycles. The highest BCUT2D eigenvalue weighted by Crippen LogP contribution is 2.10. The van der Waals surface area contributed by atoms with Crippen molar-refractivity contribution in [2.24, 2.45) is 10.8 Å². The van der Waals surface area contributed by atoms with E-state index >= 15 is 0 Å². The number of hydrazone groups is 1. The maximum atomic E-state index is 5.46. The Morgan fingerprint density at radius 1 is 1.47 bits per heavy atom. The number of allylic oxidation sites excluding steroid dienone is 1. The van der Waals surface area contributed by atoms with Gasteiger partial charge in [0.05, 0.1) is 6.21 Å². The molecule has 0 radical (unpaired) electrons. The zero-order chi connectivity index (χ0) is 12.5. The maximum absolute atomic E-state index is 5.46. The van der Waals surface area contributed by atoms with Crippen LogP contribution in [-0.4, -0.2) is 17.9 Å². The fourth-order valence-electron chi connectivity index (χ4n) is 1.06. The Bertz CT molecular complexity index is 412. The minimum atomic E-state index is 0.146. The molecule has 1 aromatic rings. The lowest BCUT2D eigenvalue weighted by Gasteiger charge is -2.02. The molecule has 3 N–H and O–H groups in total. The summed E-state index contributed by atoms with van der Waals surface area (Å²) >= 11 is 4.62. The van der Waals surface area contributed by atoms with E-state index in [1.165, 1.54) is 0 Å². The lowest BCUT2D eigenvalue weighted by Crippen LogP contribution is -2.23. The lowest BCUT2D eigenvalue weighted by atomic mass is 10.2. The van der Waals surface area contributed by atoms with Crippen LogP contribution < -0.4 is 15.9 Å². The van der Waals surface area contributed by atoms with Crippen molar-refractivity contribution >= 4 is 23.5 Å². The average molecular weight is 249 g/mol. The Labute approximate surface area is 106 Å². The number of rotatable bonds is 5. The number of nitrogens with one attached hydrogen (secondary N) is 1. The summed E-state index contributed by atoms with van der Waals surface area (Å²) in [6.07, 6.45) is 5.53. The summed E-state index contributed by atoms with van der Waals surface area (Å²) in [6, 6.07) is 7.56. The van der Waals surface area contributed by atoms with Crippen LogP contribution in [0.5, 0.6) is 5.75 Å². The van der Waals surface area contributed by atoms with Crippen LogP contribution in [0.15, 0.2) is 41.5 Å². The number of nitrogens with two attached hydrogens (primary N) is 1. The van der Waals surface area contributed by atoms with Gasteiger partial charge in [-0.1, -0.05) is 12.2 Å². The predicted octanol–water partition coefficient (Wildman–Crippen LogP) is 1.81. The Kier molecular flexibility index (Phi) is 5.74. The van der Waals surface area contributed by atoms with Crippen LogP contribution in [-0.2, 0) is 0 Å². The number of hydrogen-bond acceptors (Lipinski definition) is 3. The van der Waals surface area contributed by atoms with Crippen LogP contribution in [0.2, 0.25) is 0 Å². The van der Waals surface area contributed by atoms with E-state index in [2.05, 4.69) is 22.7 Å². The monoisotopic (exact) mass is 249 g/mol. The molecule has 0 aliphatic carbocycles. The van der Waals surface area contributed by atoms with Gasteiger partial charge >= 0.3 is 0 Å². The number of ether oxygens (including phenoxy) is 1. The largest absolute Gasteiger partial charge is 0.490 e. The molecule has 5 heteroatoms. The Balaban J connectivity index is 2.49. The molecule has 0 spiro atoms. The van der Waals surface area contributed by atoms with E-state index in [0.29, 0.717) is 6.61 Å². The summed E-state index contributed by atoms with van der Waals surface area (Å²) in [5.41, 5.74) is 8.65. The van der Waals surface area contributed by atoms with Crippen molar-refractivity contribution in [3.8, 4) is 5.75 Å². The molecular formula is C12H15N3OS. The molecule has 0 bridgehead atoms. The highest BCUT2D eigenvalue weighted by atomic mass is 32.1. The van der Waals surface area contributed by atoms with E-state index in [0.717, 1.165) is 11.3 Å². The Hall–Kier alpha value is -1.88. The van der Waals surface area contributed by atoms with Gasteiger partial charge in [-0.2, -0.15) is 5.10 Å². The minimum Gasteiger partial charge on any atom is -0.490 e. The first-order valence-electron chi connectivity index (χ1n) is 5.15. The summed E-state index contributed by atoms with van der Waals surface area (Å²) in [5.74, 6) is 0.822.